The van der Waals surface area contributed by atoms with E-state index in [9.17, 15) is 9.59 Å². The maximum absolute atomic E-state index is 11.9. The summed E-state index contributed by atoms with van der Waals surface area (Å²) in [5.74, 6) is -0.256. The Morgan fingerprint density at radius 3 is 3.06 bits per heavy atom. The van der Waals surface area contributed by atoms with Crippen molar-refractivity contribution in [3.8, 4) is 0 Å². The number of hydrogen-bond donors (Lipinski definition) is 3. The van der Waals surface area contributed by atoms with Crippen LogP contribution in [0.15, 0.2) is 24.5 Å². The molecule has 1 aromatic rings. The molecule has 1 aliphatic heterocycles. The summed E-state index contributed by atoms with van der Waals surface area (Å²) in [5, 5.41) is 14.6. The fraction of sp³-hybridized carbons (Fsp3) is 0.364. The Kier molecular flexibility index (Phi) is 3.73. The summed E-state index contributed by atoms with van der Waals surface area (Å²) in [6.45, 7) is 1.02. The molecular formula is C11H14N4O3. The van der Waals surface area contributed by atoms with E-state index in [1.807, 2.05) is 0 Å². The van der Waals surface area contributed by atoms with Crippen molar-refractivity contribution in [3.63, 3.8) is 0 Å². The number of rotatable bonds is 2. The first kappa shape index (κ1) is 12.3. The molecule has 7 nitrogen and oxygen atoms in total. The third-order valence-corrected chi connectivity index (χ3v) is 2.69. The van der Waals surface area contributed by atoms with E-state index in [1.54, 1.807) is 18.3 Å². The summed E-state index contributed by atoms with van der Waals surface area (Å²) in [4.78, 5) is 27.9. The van der Waals surface area contributed by atoms with E-state index in [-0.39, 0.29) is 12.5 Å². The summed E-state index contributed by atoms with van der Waals surface area (Å²) < 4.78 is 0. The number of piperazine rings is 1. The van der Waals surface area contributed by atoms with Crippen molar-refractivity contribution in [2.24, 2.45) is 0 Å². The lowest BCUT2D eigenvalue weighted by Gasteiger charge is -2.30. The average molecular weight is 250 g/mol. The Bertz CT molecular complexity index is 437. The maximum atomic E-state index is 11.9. The van der Waals surface area contributed by atoms with Gasteiger partial charge in [-0.3, -0.25) is 9.78 Å². The fourth-order valence-corrected chi connectivity index (χ4v) is 1.77. The first-order chi connectivity index (χ1) is 8.66. The molecule has 2 heterocycles. The number of pyridine rings is 1. The molecule has 0 radical (unpaired) electrons. The number of hydrogen-bond acceptors (Lipinski definition) is 4. The van der Waals surface area contributed by atoms with Crippen LogP contribution in [0.3, 0.4) is 0 Å². The predicted molar refractivity (Wildman–Crippen MR) is 64.3 cm³/mol. The van der Waals surface area contributed by atoms with E-state index < -0.39 is 12.1 Å². The largest absolute Gasteiger partial charge is 0.465 e. The van der Waals surface area contributed by atoms with Crippen molar-refractivity contribution in [1.29, 1.82) is 0 Å². The number of anilines is 1. The van der Waals surface area contributed by atoms with Crippen molar-refractivity contribution in [1.82, 2.24) is 15.2 Å². The molecule has 1 unspecified atom stereocenters. The summed E-state index contributed by atoms with van der Waals surface area (Å²) in [5.41, 5.74) is 0.594. The van der Waals surface area contributed by atoms with Crippen LogP contribution >= 0.6 is 0 Å². The van der Waals surface area contributed by atoms with Crippen LogP contribution in [-0.4, -0.2) is 52.7 Å². The highest BCUT2D eigenvalue weighted by Crippen LogP contribution is 2.06. The zero-order chi connectivity index (χ0) is 13.0. The van der Waals surface area contributed by atoms with E-state index in [4.69, 9.17) is 5.11 Å². The lowest BCUT2D eigenvalue weighted by atomic mass is 10.2. The van der Waals surface area contributed by atoms with Crippen LogP contribution in [0.5, 0.6) is 0 Å². The monoisotopic (exact) mass is 250 g/mol. The van der Waals surface area contributed by atoms with Crippen molar-refractivity contribution in [2.75, 3.05) is 25.0 Å². The second-order valence-electron chi connectivity index (χ2n) is 3.97. The molecule has 1 saturated heterocycles. The van der Waals surface area contributed by atoms with E-state index in [2.05, 4.69) is 15.6 Å². The minimum atomic E-state index is -1.00. The van der Waals surface area contributed by atoms with Crippen LogP contribution in [-0.2, 0) is 4.79 Å². The molecule has 0 aliphatic carbocycles. The van der Waals surface area contributed by atoms with Gasteiger partial charge >= 0.3 is 6.09 Å². The number of nitrogens with one attached hydrogen (secondary N) is 2. The molecule has 1 aliphatic rings. The quantitative estimate of drug-likeness (QED) is 0.685. The van der Waals surface area contributed by atoms with Crippen molar-refractivity contribution < 1.29 is 14.7 Å². The maximum Gasteiger partial charge on any atom is 0.407 e. The smallest absolute Gasteiger partial charge is 0.407 e. The van der Waals surface area contributed by atoms with Crippen LogP contribution in [0.25, 0.3) is 0 Å². The van der Waals surface area contributed by atoms with E-state index in [0.29, 0.717) is 18.8 Å². The summed E-state index contributed by atoms with van der Waals surface area (Å²) >= 11 is 0. The zero-order valence-electron chi connectivity index (χ0n) is 9.67. The number of carbonyl (C=O) groups is 2. The summed E-state index contributed by atoms with van der Waals surface area (Å²) in [6, 6.07) is 2.91. The Morgan fingerprint density at radius 1 is 1.56 bits per heavy atom. The van der Waals surface area contributed by atoms with Gasteiger partial charge in [-0.25, -0.2) is 4.79 Å². The van der Waals surface area contributed by atoms with Crippen LogP contribution in [0.4, 0.5) is 10.5 Å². The Labute approximate surface area is 104 Å². The SMILES string of the molecule is O=C(Nc1cccnc1)C1CN(C(=O)O)CCN1. The number of carboxylic acid groups (broad SMARTS) is 1. The van der Waals surface area contributed by atoms with Gasteiger partial charge in [-0.15, -0.1) is 0 Å². The lowest BCUT2D eigenvalue weighted by Crippen LogP contribution is -2.56. The lowest BCUT2D eigenvalue weighted by molar-refractivity contribution is -0.118. The highest BCUT2D eigenvalue weighted by molar-refractivity contribution is 5.95. The van der Waals surface area contributed by atoms with Crippen LogP contribution in [0.1, 0.15) is 0 Å². The molecule has 0 spiro atoms. The summed E-state index contributed by atoms with van der Waals surface area (Å²) in [7, 11) is 0. The van der Waals surface area contributed by atoms with Crippen LogP contribution in [0.2, 0.25) is 0 Å². The molecule has 0 aromatic carbocycles. The van der Waals surface area contributed by atoms with Gasteiger partial charge in [0.25, 0.3) is 0 Å². The van der Waals surface area contributed by atoms with Crippen LogP contribution in [0, 0.1) is 0 Å². The van der Waals surface area contributed by atoms with Crippen LogP contribution < -0.4 is 10.6 Å². The molecule has 7 heteroatoms. The molecule has 18 heavy (non-hydrogen) atoms. The molecule has 0 saturated carbocycles. The highest BCUT2D eigenvalue weighted by atomic mass is 16.4. The zero-order valence-corrected chi connectivity index (χ0v) is 9.67. The molecule has 0 bridgehead atoms. The number of nitrogens with zero attached hydrogens (tertiary/aromatic N) is 2. The highest BCUT2D eigenvalue weighted by Gasteiger charge is 2.27. The topological polar surface area (TPSA) is 94.6 Å². The van der Waals surface area contributed by atoms with Gasteiger partial charge in [0.15, 0.2) is 0 Å². The van der Waals surface area contributed by atoms with Gasteiger partial charge in [-0.2, -0.15) is 0 Å². The molecule has 3 N–H and O–H groups in total. The molecule has 1 fully saturated rings. The molecule has 2 amide bonds. The molecule has 96 valence electrons. The van der Waals surface area contributed by atoms with Gasteiger partial charge in [0.2, 0.25) is 5.91 Å². The standard InChI is InChI=1S/C11H14N4O3/c16-10(14-8-2-1-3-12-6-8)9-7-15(11(17)18)5-4-13-9/h1-3,6,9,13H,4-5,7H2,(H,14,16)(H,17,18). The number of aromatic nitrogens is 1. The Hall–Kier alpha value is -2.15. The fourth-order valence-electron chi connectivity index (χ4n) is 1.77. The van der Waals surface area contributed by atoms with Gasteiger partial charge in [0.05, 0.1) is 11.9 Å². The van der Waals surface area contributed by atoms with E-state index >= 15 is 0 Å². The third kappa shape index (κ3) is 2.95. The number of amides is 2. The minimum Gasteiger partial charge on any atom is -0.465 e. The average Bonchev–Trinajstić information content (AvgIpc) is 2.40. The van der Waals surface area contributed by atoms with Gasteiger partial charge in [-0.1, -0.05) is 0 Å². The second-order valence-corrected chi connectivity index (χ2v) is 3.97. The van der Waals surface area contributed by atoms with Gasteiger partial charge in [0.1, 0.15) is 6.04 Å². The second kappa shape index (κ2) is 5.46. The molecule has 1 atom stereocenters. The van der Waals surface area contributed by atoms with Gasteiger partial charge in [0, 0.05) is 25.8 Å². The Morgan fingerprint density at radius 2 is 2.39 bits per heavy atom. The predicted octanol–water partition coefficient (Wildman–Crippen LogP) is -0.0281. The first-order valence-corrected chi connectivity index (χ1v) is 5.59. The molecule has 1 aromatic heterocycles. The third-order valence-electron chi connectivity index (χ3n) is 2.69. The normalized spacial score (nSPS) is 19.3. The molecule has 2 rings (SSSR count). The minimum absolute atomic E-state index is 0.154. The molecular weight excluding hydrogens is 236 g/mol. The summed E-state index contributed by atoms with van der Waals surface area (Å²) in [6.07, 6.45) is 2.15. The van der Waals surface area contributed by atoms with Gasteiger partial charge in [-0.05, 0) is 12.1 Å². The van der Waals surface area contributed by atoms with Gasteiger partial charge < -0.3 is 20.6 Å². The Balaban J connectivity index is 1.95. The van der Waals surface area contributed by atoms with Crippen molar-refractivity contribution in [3.05, 3.63) is 24.5 Å². The first-order valence-electron chi connectivity index (χ1n) is 5.59. The number of carbonyl (C=O) groups excluding carboxylic acids is 1. The van der Waals surface area contributed by atoms with E-state index in [0.717, 1.165) is 0 Å². The van der Waals surface area contributed by atoms with E-state index in [1.165, 1.54) is 11.1 Å². The van der Waals surface area contributed by atoms with Crippen molar-refractivity contribution in [2.45, 2.75) is 6.04 Å². The van der Waals surface area contributed by atoms with Crippen molar-refractivity contribution >= 4 is 17.7 Å².